The predicted octanol–water partition coefficient (Wildman–Crippen LogP) is 0.475. The lowest BCUT2D eigenvalue weighted by atomic mass is 9.96. The van der Waals surface area contributed by atoms with E-state index in [2.05, 4.69) is 30.0 Å². The van der Waals surface area contributed by atoms with Gasteiger partial charge >= 0.3 is 6.03 Å². The second-order valence-corrected chi connectivity index (χ2v) is 4.94. The van der Waals surface area contributed by atoms with Gasteiger partial charge in [-0.1, -0.05) is 5.92 Å². The van der Waals surface area contributed by atoms with Gasteiger partial charge in [-0.05, 0) is 20.3 Å². The van der Waals surface area contributed by atoms with E-state index in [9.17, 15) is 4.79 Å². The monoisotopic (exact) mass is 234 g/mol. The molecule has 92 valence electrons. The van der Waals surface area contributed by atoms with Crippen LogP contribution < -0.4 is 5.32 Å². The van der Waals surface area contributed by atoms with Crippen molar-refractivity contribution in [3.63, 3.8) is 0 Å². The third-order valence-corrected chi connectivity index (χ3v) is 3.72. The molecule has 1 unspecified atom stereocenters. The second-order valence-electron chi connectivity index (χ2n) is 4.94. The second kappa shape index (κ2) is 4.04. The molecule has 0 aromatic heterocycles. The van der Waals surface area contributed by atoms with E-state index in [0.29, 0.717) is 18.4 Å². The molecule has 17 heavy (non-hydrogen) atoms. The Balaban J connectivity index is 2.26. The molecule has 5 nitrogen and oxygen atoms in total. The maximum Gasteiger partial charge on any atom is 0.324 e. The zero-order valence-corrected chi connectivity index (χ0v) is 10.3. The van der Waals surface area contributed by atoms with Crippen molar-refractivity contribution < 1.29 is 4.79 Å². The summed E-state index contributed by atoms with van der Waals surface area (Å²) < 4.78 is 0. The number of urea groups is 1. The normalized spacial score (nSPS) is 29.2. The molecular formula is C12H18N4O. The summed E-state index contributed by atoms with van der Waals surface area (Å²) in [5, 5.41) is 10.6. The van der Waals surface area contributed by atoms with Gasteiger partial charge in [0.15, 0.2) is 0 Å². The average molecular weight is 234 g/mol. The first kappa shape index (κ1) is 11.9. The van der Waals surface area contributed by atoms with Crippen molar-refractivity contribution in [2.24, 2.45) is 0 Å². The number of nitrogens with zero attached hydrogens (tertiary/aromatic N) is 2. The Bertz CT molecular complexity index is 398. The molecule has 0 aromatic carbocycles. The van der Waals surface area contributed by atoms with E-state index in [0.717, 1.165) is 13.0 Å². The van der Waals surface area contributed by atoms with Crippen LogP contribution in [0, 0.1) is 17.8 Å². The van der Waals surface area contributed by atoms with Crippen LogP contribution in [0.3, 0.4) is 0 Å². The molecule has 2 rings (SSSR count). The van der Waals surface area contributed by atoms with E-state index in [-0.39, 0.29) is 12.6 Å². The van der Waals surface area contributed by atoms with Gasteiger partial charge in [-0.15, -0.1) is 6.42 Å². The lowest BCUT2D eigenvalue weighted by Crippen LogP contribution is -2.52. The zero-order chi connectivity index (χ0) is 12.6. The number of amides is 2. The zero-order valence-electron chi connectivity index (χ0n) is 10.3. The van der Waals surface area contributed by atoms with E-state index in [1.54, 1.807) is 4.90 Å². The molecule has 2 fully saturated rings. The quantitative estimate of drug-likeness (QED) is 0.683. The Morgan fingerprint density at radius 3 is 2.88 bits per heavy atom. The molecule has 2 aliphatic rings. The van der Waals surface area contributed by atoms with Crippen LogP contribution in [0.15, 0.2) is 0 Å². The van der Waals surface area contributed by atoms with Crippen LogP contribution in [0.4, 0.5) is 4.79 Å². The van der Waals surface area contributed by atoms with Crippen molar-refractivity contribution in [2.45, 2.75) is 31.8 Å². The largest absolute Gasteiger partial charge is 0.324 e. The first-order chi connectivity index (χ1) is 8.01. The number of likely N-dealkylation sites (tertiary alicyclic amines) is 1. The Labute approximate surface area is 102 Å². The van der Waals surface area contributed by atoms with Gasteiger partial charge < -0.3 is 0 Å². The maximum absolute atomic E-state index is 11.8. The van der Waals surface area contributed by atoms with Crippen molar-refractivity contribution in [1.29, 1.82) is 5.41 Å². The fraction of sp³-hybridized carbons (Fsp3) is 0.667. The van der Waals surface area contributed by atoms with E-state index in [1.807, 2.05) is 0 Å². The summed E-state index contributed by atoms with van der Waals surface area (Å²) in [5.41, 5.74) is -0.520. The average Bonchev–Trinajstić information content (AvgIpc) is 2.79. The van der Waals surface area contributed by atoms with Gasteiger partial charge in [-0.3, -0.25) is 20.5 Å². The summed E-state index contributed by atoms with van der Waals surface area (Å²) in [6.45, 7) is 6.11. The van der Waals surface area contributed by atoms with Crippen LogP contribution in [-0.4, -0.2) is 52.9 Å². The highest BCUT2D eigenvalue weighted by molar-refractivity contribution is 6.09. The smallest absolute Gasteiger partial charge is 0.299 e. The molecule has 5 heteroatoms. The highest BCUT2D eigenvalue weighted by atomic mass is 16.2. The van der Waals surface area contributed by atoms with E-state index in [1.165, 1.54) is 0 Å². The van der Waals surface area contributed by atoms with E-state index in [4.69, 9.17) is 11.8 Å². The van der Waals surface area contributed by atoms with Gasteiger partial charge in [0.2, 0.25) is 0 Å². The number of nitrogens with one attached hydrogen (secondary N) is 2. The fourth-order valence-electron chi connectivity index (χ4n) is 2.62. The van der Waals surface area contributed by atoms with Crippen molar-refractivity contribution in [3.8, 4) is 12.3 Å². The number of terminal acetylenes is 1. The molecule has 0 aromatic rings. The summed E-state index contributed by atoms with van der Waals surface area (Å²) in [6.07, 6.45) is 6.09. The first-order valence-electron chi connectivity index (χ1n) is 5.86. The third kappa shape index (κ3) is 1.69. The summed E-state index contributed by atoms with van der Waals surface area (Å²) in [7, 11) is 0. The lowest BCUT2D eigenvalue weighted by molar-refractivity contribution is 0.177. The minimum absolute atomic E-state index is 0.237. The topological polar surface area (TPSA) is 59.4 Å². The molecule has 2 heterocycles. The van der Waals surface area contributed by atoms with Crippen LogP contribution in [-0.2, 0) is 0 Å². The molecular weight excluding hydrogens is 216 g/mol. The number of hydrogen-bond acceptors (Lipinski definition) is 3. The van der Waals surface area contributed by atoms with Crippen LogP contribution in [0.2, 0.25) is 0 Å². The molecule has 0 aliphatic carbocycles. The standard InChI is InChI=1S/C12H18N4O/c1-4-6-16-11(17)14-10(13)12(16)5-7-15(8-12)9(2)3/h1,9H,5-8H2,2-3H3,(H2,13,14,17). The van der Waals surface area contributed by atoms with Crippen molar-refractivity contribution in [1.82, 2.24) is 15.1 Å². The highest BCUT2D eigenvalue weighted by Crippen LogP contribution is 2.33. The molecule has 2 amide bonds. The minimum Gasteiger partial charge on any atom is -0.299 e. The van der Waals surface area contributed by atoms with Gasteiger partial charge in [0, 0.05) is 19.1 Å². The summed E-state index contributed by atoms with van der Waals surface area (Å²) >= 11 is 0. The molecule has 0 radical (unpaired) electrons. The third-order valence-electron chi connectivity index (χ3n) is 3.72. The maximum atomic E-state index is 11.8. The van der Waals surface area contributed by atoms with Gasteiger partial charge in [-0.25, -0.2) is 4.79 Å². The van der Waals surface area contributed by atoms with Crippen molar-refractivity contribution in [3.05, 3.63) is 0 Å². The van der Waals surface area contributed by atoms with Gasteiger partial charge in [-0.2, -0.15) is 0 Å². The number of carbonyl (C=O) groups is 1. The Hall–Kier alpha value is -1.54. The Morgan fingerprint density at radius 1 is 1.65 bits per heavy atom. The molecule has 2 aliphatic heterocycles. The molecule has 1 spiro atoms. The molecule has 0 bridgehead atoms. The summed E-state index contributed by atoms with van der Waals surface area (Å²) in [6, 6.07) is 0.184. The molecule has 0 saturated carbocycles. The number of carbonyl (C=O) groups excluding carboxylic acids is 1. The van der Waals surface area contributed by atoms with Gasteiger partial charge in [0.1, 0.15) is 11.4 Å². The lowest BCUT2D eigenvalue weighted by Gasteiger charge is -2.32. The van der Waals surface area contributed by atoms with Gasteiger partial charge in [0.05, 0.1) is 6.54 Å². The fourth-order valence-corrected chi connectivity index (χ4v) is 2.62. The van der Waals surface area contributed by atoms with Gasteiger partial charge in [0.25, 0.3) is 0 Å². The SMILES string of the molecule is C#CCN1C(=O)NC(=N)C12CCN(C(C)C)C2. The van der Waals surface area contributed by atoms with Crippen molar-refractivity contribution >= 4 is 11.9 Å². The van der Waals surface area contributed by atoms with Crippen LogP contribution in [0.25, 0.3) is 0 Å². The van der Waals surface area contributed by atoms with E-state index >= 15 is 0 Å². The van der Waals surface area contributed by atoms with Crippen LogP contribution in [0.1, 0.15) is 20.3 Å². The highest BCUT2D eigenvalue weighted by Gasteiger charge is 2.53. The molecule has 1 atom stereocenters. The molecule has 2 saturated heterocycles. The van der Waals surface area contributed by atoms with Crippen LogP contribution in [0.5, 0.6) is 0 Å². The number of hydrogen-bond donors (Lipinski definition) is 2. The molecule has 2 N–H and O–H groups in total. The minimum atomic E-state index is -0.520. The van der Waals surface area contributed by atoms with Crippen molar-refractivity contribution in [2.75, 3.05) is 19.6 Å². The van der Waals surface area contributed by atoms with E-state index < -0.39 is 5.54 Å². The summed E-state index contributed by atoms with van der Waals surface area (Å²) in [4.78, 5) is 15.7. The first-order valence-corrected chi connectivity index (χ1v) is 5.86. The number of amidine groups is 1. The summed E-state index contributed by atoms with van der Waals surface area (Å²) in [5.74, 6) is 2.80. The predicted molar refractivity (Wildman–Crippen MR) is 65.9 cm³/mol. The number of rotatable bonds is 2. The van der Waals surface area contributed by atoms with Crippen LogP contribution >= 0.6 is 0 Å². The Morgan fingerprint density at radius 2 is 2.35 bits per heavy atom. The Kier molecular flexibility index (Phi) is 2.84.